The van der Waals surface area contributed by atoms with Crippen molar-refractivity contribution in [2.24, 2.45) is 0 Å². The minimum Gasteiger partial charge on any atom is -0.481 e. The normalized spacial score (nSPS) is 11.8. The summed E-state index contributed by atoms with van der Waals surface area (Å²) in [7, 11) is 0. The predicted molar refractivity (Wildman–Crippen MR) is 82.9 cm³/mol. The van der Waals surface area contributed by atoms with Gasteiger partial charge in [0.25, 0.3) is 5.91 Å². The van der Waals surface area contributed by atoms with Gasteiger partial charge in [-0.2, -0.15) is 0 Å². The molecule has 0 spiro atoms. The molecule has 0 aromatic heterocycles. The van der Waals surface area contributed by atoms with E-state index in [9.17, 15) is 4.79 Å². The second-order valence-electron chi connectivity index (χ2n) is 4.51. The van der Waals surface area contributed by atoms with E-state index in [0.717, 1.165) is 10.0 Å². The summed E-state index contributed by atoms with van der Waals surface area (Å²) in [4.78, 5) is 11.8. The number of halogens is 1. The Bertz CT molecular complexity index is 445. The van der Waals surface area contributed by atoms with Crippen LogP contribution in [-0.4, -0.2) is 31.8 Å². The van der Waals surface area contributed by atoms with Gasteiger partial charge in [-0.3, -0.25) is 4.79 Å². The van der Waals surface area contributed by atoms with Gasteiger partial charge in [0.05, 0.1) is 13.2 Å². The molecule has 20 heavy (non-hydrogen) atoms. The van der Waals surface area contributed by atoms with Crippen LogP contribution in [0.2, 0.25) is 0 Å². The Kier molecular flexibility index (Phi) is 7.33. The Labute approximate surface area is 128 Å². The molecule has 4 nitrogen and oxygen atoms in total. The number of amides is 1. The topological polar surface area (TPSA) is 47.6 Å². The molecule has 5 heteroatoms. The van der Waals surface area contributed by atoms with Gasteiger partial charge in [-0.15, -0.1) is 0 Å². The molecule has 0 radical (unpaired) electrons. The van der Waals surface area contributed by atoms with Crippen molar-refractivity contribution < 1.29 is 14.3 Å². The van der Waals surface area contributed by atoms with Crippen molar-refractivity contribution in [3.05, 3.63) is 40.9 Å². The third-order valence-corrected chi connectivity index (χ3v) is 2.92. The molecule has 1 N–H and O–H groups in total. The molecular weight excluding hydrogens is 322 g/mol. The Morgan fingerprint density at radius 2 is 2.05 bits per heavy atom. The maximum absolute atomic E-state index is 11.8. The Morgan fingerprint density at radius 1 is 1.40 bits per heavy atom. The molecular formula is C15H20BrNO3. The molecule has 110 valence electrons. The Morgan fingerprint density at radius 3 is 2.65 bits per heavy atom. The van der Waals surface area contributed by atoms with E-state index < -0.39 is 6.10 Å². The molecule has 1 atom stereocenters. The lowest BCUT2D eigenvalue weighted by molar-refractivity contribution is -0.127. The minimum atomic E-state index is -0.544. The van der Waals surface area contributed by atoms with Crippen LogP contribution in [-0.2, 0) is 9.53 Å². The summed E-state index contributed by atoms with van der Waals surface area (Å²) in [5, 5.41) is 2.76. The first kappa shape index (κ1) is 16.7. The lowest BCUT2D eigenvalue weighted by atomic mass is 10.3. The molecule has 0 heterocycles. The van der Waals surface area contributed by atoms with Crippen molar-refractivity contribution in [2.45, 2.75) is 20.0 Å². The predicted octanol–water partition coefficient (Wildman–Crippen LogP) is 2.93. The summed E-state index contributed by atoms with van der Waals surface area (Å²) in [6.45, 7) is 8.78. The first-order chi connectivity index (χ1) is 9.49. The molecule has 0 saturated heterocycles. The van der Waals surface area contributed by atoms with Crippen LogP contribution in [0.5, 0.6) is 5.75 Å². The number of carbonyl (C=O) groups excluding carboxylic acids is 1. The summed E-state index contributed by atoms with van der Waals surface area (Å²) in [6, 6.07) is 7.35. The fourth-order valence-electron chi connectivity index (χ4n) is 1.41. The second-order valence-corrected chi connectivity index (χ2v) is 5.43. The minimum absolute atomic E-state index is 0.160. The van der Waals surface area contributed by atoms with E-state index in [1.165, 1.54) is 0 Å². The van der Waals surface area contributed by atoms with E-state index in [2.05, 4.69) is 27.8 Å². The van der Waals surface area contributed by atoms with Crippen LogP contribution < -0.4 is 10.1 Å². The molecule has 0 bridgehead atoms. The zero-order valence-electron chi connectivity index (χ0n) is 11.8. The fraction of sp³-hybridized carbons (Fsp3) is 0.400. The summed E-state index contributed by atoms with van der Waals surface area (Å²) in [5.74, 6) is 0.501. The molecule has 1 aromatic rings. The molecule has 1 unspecified atom stereocenters. The van der Waals surface area contributed by atoms with Crippen LogP contribution in [0.25, 0.3) is 0 Å². The lowest BCUT2D eigenvalue weighted by Crippen LogP contribution is -2.38. The SMILES string of the molecule is C=C(C)COCCNC(=O)C(C)Oc1ccc(Br)cc1. The van der Waals surface area contributed by atoms with Gasteiger partial charge >= 0.3 is 0 Å². The van der Waals surface area contributed by atoms with Gasteiger partial charge in [-0.1, -0.05) is 28.1 Å². The smallest absolute Gasteiger partial charge is 0.260 e. The maximum Gasteiger partial charge on any atom is 0.260 e. The van der Waals surface area contributed by atoms with E-state index >= 15 is 0 Å². The third-order valence-electron chi connectivity index (χ3n) is 2.39. The molecule has 1 aromatic carbocycles. The molecule has 1 rings (SSSR count). The highest BCUT2D eigenvalue weighted by atomic mass is 79.9. The monoisotopic (exact) mass is 341 g/mol. The van der Waals surface area contributed by atoms with Crippen molar-refractivity contribution >= 4 is 21.8 Å². The van der Waals surface area contributed by atoms with E-state index in [-0.39, 0.29) is 5.91 Å². The highest BCUT2D eigenvalue weighted by molar-refractivity contribution is 9.10. The van der Waals surface area contributed by atoms with Gasteiger partial charge in [0.1, 0.15) is 5.75 Å². The van der Waals surface area contributed by atoms with Gasteiger partial charge in [0.2, 0.25) is 0 Å². The number of hydrogen-bond acceptors (Lipinski definition) is 3. The van der Waals surface area contributed by atoms with Crippen LogP contribution in [0.1, 0.15) is 13.8 Å². The number of carbonyl (C=O) groups is 1. The molecule has 0 aliphatic rings. The average Bonchev–Trinajstić information content (AvgIpc) is 2.40. The Balaban J connectivity index is 2.25. The van der Waals surface area contributed by atoms with E-state index in [1.54, 1.807) is 6.92 Å². The third kappa shape index (κ3) is 6.73. The van der Waals surface area contributed by atoms with Gasteiger partial charge in [0.15, 0.2) is 6.10 Å². The van der Waals surface area contributed by atoms with Crippen LogP contribution in [0.4, 0.5) is 0 Å². The van der Waals surface area contributed by atoms with Crippen molar-refractivity contribution in [1.29, 1.82) is 0 Å². The maximum atomic E-state index is 11.8. The zero-order valence-corrected chi connectivity index (χ0v) is 13.4. The van der Waals surface area contributed by atoms with E-state index in [0.29, 0.717) is 25.5 Å². The quantitative estimate of drug-likeness (QED) is 0.584. The van der Waals surface area contributed by atoms with Crippen molar-refractivity contribution in [1.82, 2.24) is 5.32 Å². The summed E-state index contributed by atoms with van der Waals surface area (Å²) >= 11 is 3.34. The number of hydrogen-bond donors (Lipinski definition) is 1. The molecule has 1 amide bonds. The molecule has 0 saturated carbocycles. The van der Waals surface area contributed by atoms with E-state index in [1.807, 2.05) is 31.2 Å². The molecule has 0 aliphatic carbocycles. The number of nitrogens with one attached hydrogen (secondary N) is 1. The fourth-order valence-corrected chi connectivity index (χ4v) is 1.67. The van der Waals surface area contributed by atoms with Crippen LogP contribution in [0, 0.1) is 0 Å². The van der Waals surface area contributed by atoms with Gasteiger partial charge < -0.3 is 14.8 Å². The average molecular weight is 342 g/mol. The number of ether oxygens (including phenoxy) is 2. The van der Waals surface area contributed by atoms with Crippen molar-refractivity contribution in [3.8, 4) is 5.75 Å². The first-order valence-corrected chi connectivity index (χ1v) is 7.20. The van der Waals surface area contributed by atoms with E-state index in [4.69, 9.17) is 9.47 Å². The zero-order chi connectivity index (χ0) is 15.0. The van der Waals surface area contributed by atoms with Crippen molar-refractivity contribution in [2.75, 3.05) is 19.8 Å². The highest BCUT2D eigenvalue weighted by Crippen LogP contribution is 2.17. The standard InChI is InChI=1S/C15H20BrNO3/c1-11(2)10-19-9-8-17-15(18)12(3)20-14-6-4-13(16)5-7-14/h4-7,12H,1,8-10H2,2-3H3,(H,17,18). The largest absolute Gasteiger partial charge is 0.481 e. The van der Waals surface area contributed by atoms with Gasteiger partial charge in [-0.05, 0) is 38.1 Å². The summed E-state index contributed by atoms with van der Waals surface area (Å²) in [6.07, 6.45) is -0.544. The van der Waals surface area contributed by atoms with Crippen molar-refractivity contribution in [3.63, 3.8) is 0 Å². The second kappa shape index (κ2) is 8.76. The number of benzene rings is 1. The number of rotatable bonds is 8. The van der Waals surface area contributed by atoms with Crippen LogP contribution in [0.3, 0.4) is 0 Å². The van der Waals surface area contributed by atoms with Crippen LogP contribution in [0.15, 0.2) is 40.9 Å². The lowest BCUT2D eigenvalue weighted by Gasteiger charge is -2.14. The van der Waals surface area contributed by atoms with Gasteiger partial charge in [0, 0.05) is 11.0 Å². The molecule has 0 fully saturated rings. The van der Waals surface area contributed by atoms with Crippen LogP contribution >= 0.6 is 15.9 Å². The Hall–Kier alpha value is -1.33. The summed E-state index contributed by atoms with van der Waals surface area (Å²) in [5.41, 5.74) is 0.961. The highest BCUT2D eigenvalue weighted by Gasteiger charge is 2.13. The van der Waals surface area contributed by atoms with Gasteiger partial charge in [-0.25, -0.2) is 0 Å². The summed E-state index contributed by atoms with van der Waals surface area (Å²) < 4.78 is 11.8. The first-order valence-electron chi connectivity index (χ1n) is 6.41. The molecule has 0 aliphatic heterocycles.